The Morgan fingerprint density at radius 2 is 1.93 bits per heavy atom. The molecule has 1 aliphatic heterocycles. The number of ether oxygens (including phenoxy) is 1. The number of carbonyl (C=O) groups is 1. The van der Waals surface area contributed by atoms with E-state index in [1.807, 2.05) is 0 Å². The van der Waals surface area contributed by atoms with Crippen molar-refractivity contribution in [2.75, 3.05) is 33.3 Å². The third kappa shape index (κ3) is 7.15. The van der Waals surface area contributed by atoms with Gasteiger partial charge in [0.25, 0.3) is 0 Å². The lowest BCUT2D eigenvalue weighted by molar-refractivity contribution is -0.121. The smallest absolute Gasteiger partial charge is 0.220 e. The highest BCUT2D eigenvalue weighted by atomic mass is 16.5. The van der Waals surface area contributed by atoms with Crippen molar-refractivity contribution in [3.8, 4) is 0 Å². The molecule has 0 bridgehead atoms. The van der Waals surface area contributed by atoms with Crippen LogP contribution in [0.1, 0.15) is 50.7 Å². The number of guanidine groups is 1. The maximum absolute atomic E-state index is 11.6. The molecule has 2 rings (SSSR count). The van der Waals surface area contributed by atoms with E-state index >= 15 is 0 Å². The molecule has 0 radical (unpaired) electrons. The molecule has 1 aromatic carbocycles. The van der Waals surface area contributed by atoms with E-state index in [0.717, 1.165) is 51.5 Å². The van der Waals surface area contributed by atoms with Crippen molar-refractivity contribution in [1.82, 2.24) is 15.5 Å². The number of aliphatic imine (C=N–C) groups is 1. The molecule has 0 unspecified atom stereocenters. The first-order chi connectivity index (χ1) is 13.7. The maximum atomic E-state index is 11.6. The van der Waals surface area contributed by atoms with Crippen molar-refractivity contribution in [3.05, 3.63) is 35.4 Å². The van der Waals surface area contributed by atoms with Gasteiger partial charge in [-0.1, -0.05) is 31.2 Å². The lowest BCUT2D eigenvalue weighted by Crippen LogP contribution is -2.46. The number of amides is 1. The minimum absolute atomic E-state index is 0.140. The standard InChI is InChI=1S/C22H36N4O2/c1-4-14-28-17-20-9-7-6-8-19(20)16-25-22(24-5-2)26-12-10-18(11-13-26)15-21(27)23-3/h6-9,18H,4-5,10-17H2,1-3H3,(H,23,27)(H,24,25). The van der Waals surface area contributed by atoms with Crippen molar-refractivity contribution in [2.24, 2.45) is 10.9 Å². The SMILES string of the molecule is CCCOCc1ccccc1CN=C(NCC)N1CCC(CC(=O)NC)CC1. The predicted molar refractivity (Wildman–Crippen MR) is 114 cm³/mol. The Balaban J connectivity index is 1.97. The van der Waals surface area contributed by atoms with Gasteiger partial charge in [-0.15, -0.1) is 0 Å². The second-order valence-corrected chi connectivity index (χ2v) is 7.30. The number of benzene rings is 1. The summed E-state index contributed by atoms with van der Waals surface area (Å²) in [7, 11) is 1.71. The number of nitrogens with zero attached hydrogens (tertiary/aromatic N) is 2. The minimum Gasteiger partial charge on any atom is -0.377 e. The molecule has 6 heteroatoms. The molecule has 6 nitrogen and oxygen atoms in total. The van der Waals surface area contributed by atoms with E-state index in [1.165, 1.54) is 11.1 Å². The second-order valence-electron chi connectivity index (χ2n) is 7.30. The molecule has 1 aromatic rings. The van der Waals surface area contributed by atoms with Crippen LogP contribution in [0.15, 0.2) is 29.3 Å². The van der Waals surface area contributed by atoms with Gasteiger partial charge in [-0.05, 0) is 43.2 Å². The molecule has 0 aromatic heterocycles. The third-order valence-electron chi connectivity index (χ3n) is 5.13. The second kappa shape index (κ2) is 12.4. The van der Waals surface area contributed by atoms with Gasteiger partial charge in [0.05, 0.1) is 13.2 Å². The van der Waals surface area contributed by atoms with Crippen LogP contribution in [0.2, 0.25) is 0 Å². The Morgan fingerprint density at radius 1 is 1.21 bits per heavy atom. The number of likely N-dealkylation sites (tertiary alicyclic amines) is 1. The molecule has 0 aliphatic carbocycles. The third-order valence-corrected chi connectivity index (χ3v) is 5.13. The van der Waals surface area contributed by atoms with Gasteiger partial charge in [0.2, 0.25) is 5.91 Å². The Morgan fingerprint density at radius 3 is 2.57 bits per heavy atom. The zero-order valence-electron chi connectivity index (χ0n) is 17.7. The summed E-state index contributed by atoms with van der Waals surface area (Å²) < 4.78 is 5.73. The number of hydrogen-bond donors (Lipinski definition) is 2. The summed E-state index contributed by atoms with van der Waals surface area (Å²) in [4.78, 5) is 18.8. The van der Waals surface area contributed by atoms with E-state index in [-0.39, 0.29) is 5.91 Å². The Hall–Kier alpha value is -2.08. The predicted octanol–water partition coefficient (Wildman–Crippen LogP) is 2.93. The van der Waals surface area contributed by atoms with Gasteiger partial charge in [0.1, 0.15) is 0 Å². The van der Waals surface area contributed by atoms with Crippen molar-refractivity contribution >= 4 is 11.9 Å². The molecule has 28 heavy (non-hydrogen) atoms. The van der Waals surface area contributed by atoms with E-state index in [0.29, 0.717) is 25.5 Å². The average molecular weight is 389 g/mol. The van der Waals surface area contributed by atoms with Crippen molar-refractivity contribution < 1.29 is 9.53 Å². The van der Waals surface area contributed by atoms with Crippen LogP contribution < -0.4 is 10.6 Å². The molecular weight excluding hydrogens is 352 g/mol. The first kappa shape index (κ1) is 22.2. The van der Waals surface area contributed by atoms with Gasteiger partial charge in [-0.3, -0.25) is 4.79 Å². The number of hydrogen-bond acceptors (Lipinski definition) is 3. The highest BCUT2D eigenvalue weighted by Crippen LogP contribution is 2.21. The Bertz CT molecular complexity index is 625. The highest BCUT2D eigenvalue weighted by Gasteiger charge is 2.23. The molecule has 0 spiro atoms. The maximum Gasteiger partial charge on any atom is 0.220 e. The van der Waals surface area contributed by atoms with Crippen LogP contribution in [-0.2, 0) is 22.7 Å². The summed E-state index contributed by atoms with van der Waals surface area (Å²) in [6, 6.07) is 8.37. The van der Waals surface area contributed by atoms with Gasteiger partial charge in [0, 0.05) is 39.7 Å². The number of piperidine rings is 1. The normalized spacial score (nSPS) is 15.5. The zero-order chi connectivity index (χ0) is 20.2. The number of carbonyl (C=O) groups excluding carboxylic acids is 1. The number of nitrogens with one attached hydrogen (secondary N) is 2. The highest BCUT2D eigenvalue weighted by molar-refractivity contribution is 5.80. The first-order valence-electron chi connectivity index (χ1n) is 10.6. The molecule has 156 valence electrons. The monoisotopic (exact) mass is 388 g/mol. The average Bonchev–Trinajstić information content (AvgIpc) is 2.72. The van der Waals surface area contributed by atoms with Crippen LogP contribution in [0.3, 0.4) is 0 Å². The van der Waals surface area contributed by atoms with Crippen molar-refractivity contribution in [2.45, 2.75) is 52.7 Å². The summed E-state index contributed by atoms with van der Waals surface area (Å²) in [6.45, 7) is 9.01. The van der Waals surface area contributed by atoms with E-state index in [9.17, 15) is 4.79 Å². The fourth-order valence-corrected chi connectivity index (χ4v) is 3.48. The topological polar surface area (TPSA) is 66.0 Å². The van der Waals surface area contributed by atoms with Crippen molar-refractivity contribution in [1.29, 1.82) is 0 Å². The summed E-state index contributed by atoms with van der Waals surface area (Å²) in [5.74, 6) is 1.57. The van der Waals surface area contributed by atoms with Crippen LogP contribution in [0.5, 0.6) is 0 Å². The first-order valence-corrected chi connectivity index (χ1v) is 10.6. The summed E-state index contributed by atoms with van der Waals surface area (Å²) >= 11 is 0. The fraction of sp³-hybridized carbons (Fsp3) is 0.636. The molecule has 1 amide bonds. The Labute approximate surface area is 169 Å². The van der Waals surface area contributed by atoms with Gasteiger partial charge in [0.15, 0.2) is 5.96 Å². The number of rotatable bonds is 9. The molecule has 0 atom stereocenters. The molecule has 1 aliphatic rings. The molecule has 1 fully saturated rings. The van der Waals surface area contributed by atoms with Crippen molar-refractivity contribution in [3.63, 3.8) is 0 Å². The minimum atomic E-state index is 0.140. The molecule has 1 saturated heterocycles. The lowest BCUT2D eigenvalue weighted by Gasteiger charge is -2.34. The van der Waals surface area contributed by atoms with Crippen LogP contribution in [0.25, 0.3) is 0 Å². The van der Waals surface area contributed by atoms with Gasteiger partial charge < -0.3 is 20.3 Å². The summed E-state index contributed by atoms with van der Waals surface area (Å²) in [6.07, 6.45) is 3.71. The van der Waals surface area contributed by atoms with E-state index < -0.39 is 0 Å². The van der Waals surface area contributed by atoms with Crippen LogP contribution in [0.4, 0.5) is 0 Å². The summed E-state index contributed by atoms with van der Waals surface area (Å²) in [5.41, 5.74) is 2.42. The van der Waals surface area contributed by atoms with Gasteiger partial charge in [-0.2, -0.15) is 0 Å². The van der Waals surface area contributed by atoms with Crippen LogP contribution in [0, 0.1) is 5.92 Å². The molecule has 1 heterocycles. The largest absolute Gasteiger partial charge is 0.377 e. The van der Waals surface area contributed by atoms with Crippen LogP contribution in [-0.4, -0.2) is 50.1 Å². The molecular formula is C22H36N4O2. The van der Waals surface area contributed by atoms with Crippen LogP contribution >= 0.6 is 0 Å². The fourth-order valence-electron chi connectivity index (χ4n) is 3.48. The lowest BCUT2D eigenvalue weighted by atomic mass is 9.93. The van der Waals surface area contributed by atoms with E-state index in [2.05, 4.69) is 53.6 Å². The van der Waals surface area contributed by atoms with E-state index in [1.54, 1.807) is 7.05 Å². The summed E-state index contributed by atoms with van der Waals surface area (Å²) in [5, 5.41) is 6.16. The van der Waals surface area contributed by atoms with E-state index in [4.69, 9.17) is 9.73 Å². The quantitative estimate of drug-likeness (QED) is 0.388. The molecule has 0 saturated carbocycles. The molecule has 2 N–H and O–H groups in total. The van der Waals surface area contributed by atoms with Gasteiger partial charge in [-0.25, -0.2) is 4.99 Å². The van der Waals surface area contributed by atoms with Gasteiger partial charge >= 0.3 is 0 Å². The Kier molecular flexibility index (Phi) is 9.83. The zero-order valence-corrected chi connectivity index (χ0v) is 17.7.